The Hall–Kier alpha value is -2.41. The van der Waals surface area contributed by atoms with Crippen molar-refractivity contribution in [1.82, 2.24) is 15.5 Å². The van der Waals surface area contributed by atoms with Crippen LogP contribution < -0.4 is 10.6 Å². The Morgan fingerprint density at radius 1 is 1.25 bits per heavy atom. The number of nitrogens with zero attached hydrogens (tertiary/aromatic N) is 2. The van der Waals surface area contributed by atoms with Crippen molar-refractivity contribution in [1.29, 1.82) is 0 Å². The van der Waals surface area contributed by atoms with Gasteiger partial charge in [0.05, 0.1) is 6.10 Å². The highest BCUT2D eigenvalue weighted by molar-refractivity contribution is 5.89. The Balaban J connectivity index is 1.86. The minimum atomic E-state index is -0.539. The molecule has 0 radical (unpaired) electrons. The van der Waals surface area contributed by atoms with Crippen molar-refractivity contribution in [2.24, 2.45) is 5.92 Å². The van der Waals surface area contributed by atoms with Crippen molar-refractivity contribution >= 4 is 11.7 Å². The highest BCUT2D eigenvalue weighted by Crippen LogP contribution is 2.20. The first-order valence-corrected chi connectivity index (χ1v) is 8.13. The second kappa shape index (κ2) is 8.44. The number of aliphatic hydroxyl groups is 1. The lowest BCUT2D eigenvalue weighted by atomic mass is 10.1. The molecule has 1 unspecified atom stereocenters. The number of nitrogens with one attached hydrogen (secondary N) is 2. The molecule has 0 saturated heterocycles. The molecule has 1 aromatic heterocycles. The maximum atomic E-state index is 11.8. The number of carbonyl (C=O) groups is 1. The van der Waals surface area contributed by atoms with Gasteiger partial charge in [-0.25, -0.2) is 4.79 Å². The third kappa shape index (κ3) is 5.34. The summed E-state index contributed by atoms with van der Waals surface area (Å²) >= 11 is 0. The van der Waals surface area contributed by atoms with Crippen molar-refractivity contribution in [2.45, 2.75) is 39.7 Å². The van der Waals surface area contributed by atoms with E-state index < -0.39 is 6.10 Å². The van der Waals surface area contributed by atoms with E-state index in [1.54, 1.807) is 24.3 Å². The molecule has 0 bridgehead atoms. The molecule has 0 fully saturated rings. The first-order chi connectivity index (χ1) is 11.5. The van der Waals surface area contributed by atoms with Crippen LogP contribution in [0.25, 0.3) is 11.5 Å². The molecule has 7 nitrogen and oxygen atoms in total. The lowest BCUT2D eigenvalue weighted by molar-refractivity contribution is 0.148. The van der Waals surface area contributed by atoms with E-state index in [4.69, 9.17) is 4.42 Å². The van der Waals surface area contributed by atoms with Crippen molar-refractivity contribution in [2.75, 3.05) is 11.9 Å². The van der Waals surface area contributed by atoms with E-state index in [1.165, 1.54) is 0 Å². The number of rotatable bonds is 7. The topological polar surface area (TPSA) is 100 Å². The minimum Gasteiger partial charge on any atom is -0.421 e. The summed E-state index contributed by atoms with van der Waals surface area (Å²) in [6.45, 7) is 6.22. The van der Waals surface area contributed by atoms with Crippen molar-refractivity contribution in [3.8, 4) is 11.5 Å². The maximum Gasteiger partial charge on any atom is 0.319 e. The predicted molar refractivity (Wildman–Crippen MR) is 91.6 cm³/mol. The molecule has 0 saturated carbocycles. The summed E-state index contributed by atoms with van der Waals surface area (Å²) in [6.07, 6.45) is 0.803. The molecule has 2 aromatic rings. The van der Waals surface area contributed by atoms with Crippen molar-refractivity contribution in [3.63, 3.8) is 0 Å². The molecular weight excluding hydrogens is 308 g/mol. The fourth-order valence-corrected chi connectivity index (χ4v) is 2.22. The number of aryl methyl sites for hydroxylation is 1. The van der Waals surface area contributed by atoms with Gasteiger partial charge in [-0.2, -0.15) is 0 Å². The Kier molecular flexibility index (Phi) is 6.31. The Morgan fingerprint density at radius 3 is 2.54 bits per heavy atom. The molecule has 2 amide bonds. The molecule has 3 N–H and O–H groups in total. The lowest BCUT2D eigenvalue weighted by Crippen LogP contribution is -2.35. The summed E-state index contributed by atoms with van der Waals surface area (Å²) in [5, 5.41) is 23.0. The fraction of sp³-hybridized carbons (Fsp3) is 0.471. The van der Waals surface area contributed by atoms with Crippen LogP contribution >= 0.6 is 0 Å². The van der Waals surface area contributed by atoms with Gasteiger partial charge in [0.15, 0.2) is 0 Å². The smallest absolute Gasteiger partial charge is 0.319 e. The largest absolute Gasteiger partial charge is 0.421 e. The third-order valence-electron chi connectivity index (χ3n) is 3.40. The van der Waals surface area contributed by atoms with E-state index in [0.717, 1.165) is 5.56 Å². The van der Waals surface area contributed by atoms with Gasteiger partial charge in [0, 0.05) is 24.2 Å². The van der Waals surface area contributed by atoms with E-state index in [-0.39, 0.29) is 12.6 Å². The summed E-state index contributed by atoms with van der Waals surface area (Å²) < 4.78 is 5.49. The zero-order chi connectivity index (χ0) is 17.5. The lowest BCUT2D eigenvalue weighted by Gasteiger charge is -2.14. The van der Waals surface area contributed by atoms with Gasteiger partial charge < -0.3 is 20.2 Å². The zero-order valence-electron chi connectivity index (χ0n) is 14.2. The highest BCUT2D eigenvalue weighted by atomic mass is 16.4. The summed E-state index contributed by atoms with van der Waals surface area (Å²) in [5.74, 6) is 1.43. The number of anilines is 1. The summed E-state index contributed by atoms with van der Waals surface area (Å²) in [7, 11) is 0. The number of benzene rings is 1. The van der Waals surface area contributed by atoms with Crippen LogP contribution in [0.2, 0.25) is 0 Å². The Bertz CT molecular complexity index is 652. The first-order valence-electron chi connectivity index (χ1n) is 8.13. The van der Waals surface area contributed by atoms with E-state index >= 15 is 0 Å². The average molecular weight is 332 g/mol. The van der Waals surface area contributed by atoms with Gasteiger partial charge >= 0.3 is 6.03 Å². The number of hydrogen-bond acceptors (Lipinski definition) is 5. The normalized spacial score (nSPS) is 12.2. The monoisotopic (exact) mass is 332 g/mol. The summed E-state index contributed by atoms with van der Waals surface area (Å²) in [6, 6.07) is 6.77. The molecule has 0 aliphatic rings. The number of amides is 2. The van der Waals surface area contributed by atoms with Crippen LogP contribution in [0.4, 0.5) is 10.5 Å². The van der Waals surface area contributed by atoms with Crippen LogP contribution in [0.5, 0.6) is 0 Å². The molecule has 7 heteroatoms. The number of hydrogen-bond donors (Lipinski definition) is 3. The second-order valence-corrected chi connectivity index (χ2v) is 6.05. The van der Waals surface area contributed by atoms with Gasteiger partial charge in [0.2, 0.25) is 11.8 Å². The Morgan fingerprint density at radius 2 is 1.96 bits per heavy atom. The fourth-order valence-electron chi connectivity index (χ4n) is 2.22. The van der Waals surface area contributed by atoms with Gasteiger partial charge in [0.25, 0.3) is 0 Å². The first kappa shape index (κ1) is 17.9. The quantitative estimate of drug-likeness (QED) is 0.724. The average Bonchev–Trinajstić information content (AvgIpc) is 3.02. The van der Waals surface area contributed by atoms with Crippen LogP contribution in [0.3, 0.4) is 0 Å². The van der Waals surface area contributed by atoms with E-state index in [1.807, 2.05) is 20.8 Å². The van der Waals surface area contributed by atoms with Crippen molar-refractivity contribution < 1.29 is 14.3 Å². The Labute approximate surface area is 141 Å². The van der Waals surface area contributed by atoms with Gasteiger partial charge in [0.1, 0.15) is 0 Å². The highest BCUT2D eigenvalue weighted by Gasteiger charge is 2.10. The van der Waals surface area contributed by atoms with Gasteiger partial charge in [-0.15, -0.1) is 10.2 Å². The van der Waals surface area contributed by atoms with Crippen LogP contribution in [0.1, 0.15) is 33.1 Å². The molecule has 0 aliphatic heterocycles. The van der Waals surface area contributed by atoms with E-state index in [0.29, 0.717) is 36.2 Å². The minimum absolute atomic E-state index is 0.226. The SMILES string of the molecule is CCc1nnc(-c2ccc(NC(=O)NCC(O)CC(C)C)cc2)o1. The van der Waals surface area contributed by atoms with Gasteiger partial charge in [-0.3, -0.25) is 0 Å². The van der Waals surface area contributed by atoms with Gasteiger partial charge in [-0.05, 0) is 36.6 Å². The van der Waals surface area contributed by atoms with Gasteiger partial charge in [-0.1, -0.05) is 20.8 Å². The molecule has 2 rings (SSSR count). The molecule has 1 aromatic carbocycles. The second-order valence-electron chi connectivity index (χ2n) is 6.05. The standard InChI is InChI=1S/C17H24N4O3/c1-4-15-20-21-16(24-15)12-5-7-13(8-6-12)19-17(23)18-10-14(22)9-11(2)3/h5-8,11,14,22H,4,9-10H2,1-3H3,(H2,18,19,23). The van der Waals surface area contributed by atoms with Crippen LogP contribution in [-0.4, -0.2) is 34.0 Å². The summed E-state index contributed by atoms with van der Waals surface area (Å²) in [5.41, 5.74) is 1.44. The van der Waals surface area contributed by atoms with E-state index in [9.17, 15) is 9.90 Å². The summed E-state index contributed by atoms with van der Waals surface area (Å²) in [4.78, 5) is 11.8. The molecular formula is C17H24N4O3. The number of aliphatic hydroxyl groups excluding tert-OH is 1. The molecule has 0 spiro atoms. The number of carbonyl (C=O) groups excluding carboxylic acids is 1. The maximum absolute atomic E-state index is 11.8. The molecule has 130 valence electrons. The van der Waals surface area contributed by atoms with Crippen LogP contribution in [0.15, 0.2) is 28.7 Å². The third-order valence-corrected chi connectivity index (χ3v) is 3.40. The molecule has 1 atom stereocenters. The van der Waals surface area contributed by atoms with Crippen LogP contribution in [-0.2, 0) is 6.42 Å². The van der Waals surface area contributed by atoms with Crippen LogP contribution in [0, 0.1) is 5.92 Å². The predicted octanol–water partition coefficient (Wildman–Crippen LogP) is 2.83. The zero-order valence-corrected chi connectivity index (χ0v) is 14.2. The molecule has 24 heavy (non-hydrogen) atoms. The molecule has 1 heterocycles. The number of urea groups is 1. The van der Waals surface area contributed by atoms with Crippen molar-refractivity contribution in [3.05, 3.63) is 30.2 Å². The van der Waals surface area contributed by atoms with E-state index in [2.05, 4.69) is 20.8 Å². The number of aromatic nitrogens is 2. The molecule has 0 aliphatic carbocycles.